The number of piperidine rings is 1. The van der Waals surface area contributed by atoms with Crippen molar-refractivity contribution in [2.24, 2.45) is 0 Å². The smallest absolute Gasteiger partial charge is 0.350 e. The maximum Gasteiger partial charge on any atom is 0.433 e. The minimum absolute atomic E-state index is 0.00265. The van der Waals surface area contributed by atoms with Gasteiger partial charge in [-0.15, -0.1) is 0 Å². The quantitative estimate of drug-likeness (QED) is 0.659. The normalized spacial score (nSPS) is 18.1. The van der Waals surface area contributed by atoms with Gasteiger partial charge in [-0.25, -0.2) is 8.78 Å². The lowest BCUT2D eigenvalue weighted by molar-refractivity contribution is -0.141. The van der Waals surface area contributed by atoms with E-state index in [-0.39, 0.29) is 43.1 Å². The predicted octanol–water partition coefficient (Wildman–Crippen LogP) is 4.96. The summed E-state index contributed by atoms with van der Waals surface area (Å²) in [5.74, 6) is -3.24. The van der Waals surface area contributed by atoms with Crippen LogP contribution in [0.25, 0.3) is 0 Å². The third kappa shape index (κ3) is 5.46. The molecule has 1 aromatic carbocycles. The molecule has 30 heavy (non-hydrogen) atoms. The van der Waals surface area contributed by atoms with Crippen molar-refractivity contribution >= 4 is 17.5 Å². The first-order chi connectivity index (χ1) is 14.1. The van der Waals surface area contributed by atoms with Gasteiger partial charge >= 0.3 is 6.18 Å². The SMILES string of the molecule is O=C(NCC(c1ccc(C(F)(F)F)nc1)N1CCC(F)(F)CC1)c1ccccc1Cl. The van der Waals surface area contributed by atoms with Crippen LogP contribution in [0.5, 0.6) is 0 Å². The van der Waals surface area contributed by atoms with Crippen LogP contribution in [0.4, 0.5) is 22.0 Å². The van der Waals surface area contributed by atoms with E-state index in [2.05, 4.69) is 10.3 Å². The lowest BCUT2D eigenvalue weighted by Gasteiger charge is -2.37. The van der Waals surface area contributed by atoms with Gasteiger partial charge in [-0.2, -0.15) is 13.2 Å². The molecular formula is C20H19ClF5N3O. The second-order valence-electron chi connectivity index (χ2n) is 7.07. The fourth-order valence-electron chi connectivity index (χ4n) is 3.32. The molecule has 0 radical (unpaired) electrons. The first-order valence-corrected chi connectivity index (χ1v) is 9.62. The largest absolute Gasteiger partial charge is 0.433 e. The highest BCUT2D eigenvalue weighted by Gasteiger charge is 2.37. The first-order valence-electron chi connectivity index (χ1n) is 9.24. The molecule has 3 rings (SSSR count). The van der Waals surface area contributed by atoms with Gasteiger partial charge in [-0.1, -0.05) is 29.8 Å². The minimum Gasteiger partial charge on any atom is -0.350 e. The summed E-state index contributed by atoms with van der Waals surface area (Å²) in [5.41, 5.74) is -0.406. The Morgan fingerprint density at radius 2 is 1.83 bits per heavy atom. The average Bonchev–Trinajstić information content (AvgIpc) is 2.69. The Hall–Kier alpha value is -2.26. The fraction of sp³-hybridized carbons (Fsp3) is 0.400. The Labute approximate surface area is 175 Å². The number of aromatic nitrogens is 1. The number of nitrogens with zero attached hydrogens (tertiary/aromatic N) is 2. The van der Waals surface area contributed by atoms with Gasteiger partial charge in [0, 0.05) is 38.7 Å². The summed E-state index contributed by atoms with van der Waals surface area (Å²) >= 11 is 6.02. The summed E-state index contributed by atoms with van der Waals surface area (Å²) in [5, 5.41) is 2.95. The van der Waals surface area contributed by atoms with E-state index in [4.69, 9.17) is 11.6 Å². The van der Waals surface area contributed by atoms with Gasteiger partial charge in [0.1, 0.15) is 5.69 Å². The number of pyridine rings is 1. The molecular weight excluding hydrogens is 429 g/mol. The summed E-state index contributed by atoms with van der Waals surface area (Å²) in [4.78, 5) is 17.7. The molecule has 1 amide bonds. The van der Waals surface area contributed by atoms with Gasteiger partial charge in [-0.3, -0.25) is 14.7 Å². The minimum atomic E-state index is -4.58. The van der Waals surface area contributed by atoms with Crippen LogP contribution in [-0.2, 0) is 6.18 Å². The number of benzene rings is 1. The third-order valence-electron chi connectivity index (χ3n) is 5.01. The standard InChI is InChI=1S/C20H19ClF5N3O/c21-15-4-2-1-3-14(15)18(30)28-12-16(29-9-7-19(22,23)8-10-29)13-5-6-17(27-11-13)20(24,25)26/h1-6,11,16H,7-10,12H2,(H,28,30). The Kier molecular flexibility index (Phi) is 6.62. The molecule has 0 spiro atoms. The van der Waals surface area contributed by atoms with Crippen LogP contribution in [0.3, 0.4) is 0 Å². The summed E-state index contributed by atoms with van der Waals surface area (Å²) in [6.07, 6.45) is -4.24. The van der Waals surface area contributed by atoms with Crippen molar-refractivity contribution in [3.05, 3.63) is 64.4 Å². The van der Waals surface area contributed by atoms with Gasteiger partial charge in [0.15, 0.2) is 0 Å². The molecule has 4 nitrogen and oxygen atoms in total. The molecule has 0 bridgehead atoms. The number of halogens is 6. The topological polar surface area (TPSA) is 45.2 Å². The maximum absolute atomic E-state index is 13.6. The molecule has 1 N–H and O–H groups in total. The van der Waals surface area contributed by atoms with Crippen molar-refractivity contribution in [3.8, 4) is 0 Å². The van der Waals surface area contributed by atoms with E-state index in [1.165, 1.54) is 12.1 Å². The van der Waals surface area contributed by atoms with Gasteiger partial charge in [0.25, 0.3) is 11.8 Å². The van der Waals surface area contributed by atoms with E-state index in [9.17, 15) is 26.7 Å². The number of rotatable bonds is 5. The van der Waals surface area contributed by atoms with Crippen LogP contribution >= 0.6 is 11.6 Å². The number of carbonyl (C=O) groups is 1. The number of alkyl halides is 5. The molecule has 162 valence electrons. The molecule has 1 aliphatic rings. The molecule has 1 saturated heterocycles. The van der Waals surface area contributed by atoms with E-state index in [0.29, 0.717) is 5.56 Å². The first kappa shape index (κ1) is 22.4. The fourth-order valence-corrected chi connectivity index (χ4v) is 3.54. The lowest BCUT2D eigenvalue weighted by Crippen LogP contribution is -2.45. The molecule has 1 unspecified atom stereocenters. The van der Waals surface area contributed by atoms with Crippen LogP contribution in [0.1, 0.15) is 40.5 Å². The highest BCUT2D eigenvalue weighted by atomic mass is 35.5. The van der Waals surface area contributed by atoms with Gasteiger partial charge in [0.05, 0.1) is 16.6 Å². The Morgan fingerprint density at radius 3 is 2.40 bits per heavy atom. The number of amides is 1. The second kappa shape index (κ2) is 8.85. The summed E-state index contributed by atoms with van der Waals surface area (Å²) in [6.45, 7) is 0.0873. The zero-order chi connectivity index (χ0) is 21.9. The highest BCUT2D eigenvalue weighted by molar-refractivity contribution is 6.33. The lowest BCUT2D eigenvalue weighted by atomic mass is 10.0. The van der Waals surface area contributed by atoms with Crippen LogP contribution in [0.15, 0.2) is 42.6 Å². The number of nitrogens with one attached hydrogen (secondary N) is 1. The summed E-state index contributed by atoms with van der Waals surface area (Å²) in [7, 11) is 0. The third-order valence-corrected chi connectivity index (χ3v) is 5.34. The molecule has 2 aromatic rings. The van der Waals surface area contributed by atoms with E-state index < -0.39 is 29.7 Å². The van der Waals surface area contributed by atoms with Crippen LogP contribution in [0, 0.1) is 0 Å². The van der Waals surface area contributed by atoms with Crippen LogP contribution in [0.2, 0.25) is 5.02 Å². The highest BCUT2D eigenvalue weighted by Crippen LogP contribution is 2.33. The average molecular weight is 448 g/mol. The van der Waals surface area contributed by atoms with Gasteiger partial charge in [-0.05, 0) is 23.8 Å². The van der Waals surface area contributed by atoms with Gasteiger partial charge < -0.3 is 5.32 Å². The Bertz CT molecular complexity index is 879. The number of likely N-dealkylation sites (tertiary alicyclic amines) is 1. The molecule has 1 aromatic heterocycles. The molecule has 0 aliphatic carbocycles. The number of hydrogen-bond acceptors (Lipinski definition) is 3. The zero-order valence-electron chi connectivity index (χ0n) is 15.7. The molecule has 10 heteroatoms. The van der Waals surface area contributed by atoms with Crippen molar-refractivity contribution < 1.29 is 26.7 Å². The summed E-state index contributed by atoms with van der Waals surface area (Å²) in [6, 6.07) is 7.90. The van der Waals surface area contributed by atoms with Crippen molar-refractivity contribution in [1.29, 1.82) is 0 Å². The van der Waals surface area contributed by atoms with Crippen molar-refractivity contribution in [2.75, 3.05) is 19.6 Å². The van der Waals surface area contributed by atoms with Crippen molar-refractivity contribution in [3.63, 3.8) is 0 Å². The van der Waals surface area contributed by atoms with E-state index in [0.717, 1.165) is 12.3 Å². The molecule has 1 atom stereocenters. The van der Waals surface area contributed by atoms with Crippen molar-refractivity contribution in [2.45, 2.75) is 31.0 Å². The number of hydrogen-bond donors (Lipinski definition) is 1. The molecule has 2 heterocycles. The monoisotopic (exact) mass is 447 g/mol. The molecule has 1 fully saturated rings. The van der Waals surface area contributed by atoms with Crippen molar-refractivity contribution in [1.82, 2.24) is 15.2 Å². The zero-order valence-corrected chi connectivity index (χ0v) is 16.5. The van der Waals surface area contributed by atoms with E-state index in [1.807, 2.05) is 0 Å². The Balaban J connectivity index is 1.79. The molecule has 0 saturated carbocycles. The van der Waals surface area contributed by atoms with E-state index in [1.54, 1.807) is 23.1 Å². The van der Waals surface area contributed by atoms with Crippen LogP contribution < -0.4 is 5.32 Å². The summed E-state index contributed by atoms with van der Waals surface area (Å²) < 4.78 is 65.6. The van der Waals surface area contributed by atoms with E-state index >= 15 is 0 Å². The maximum atomic E-state index is 13.6. The second-order valence-corrected chi connectivity index (χ2v) is 7.48. The predicted molar refractivity (Wildman–Crippen MR) is 102 cm³/mol. The van der Waals surface area contributed by atoms with Gasteiger partial charge in [0.2, 0.25) is 0 Å². The number of carbonyl (C=O) groups excluding carboxylic acids is 1. The van der Waals surface area contributed by atoms with Crippen LogP contribution in [-0.4, -0.2) is 41.3 Å². The molecule has 1 aliphatic heterocycles. The Morgan fingerprint density at radius 1 is 1.17 bits per heavy atom.